The molecule has 4 rings (SSSR count). The van der Waals surface area contributed by atoms with E-state index in [2.05, 4.69) is 20.5 Å². The van der Waals surface area contributed by atoms with Crippen molar-refractivity contribution in [2.45, 2.75) is 6.92 Å². The summed E-state index contributed by atoms with van der Waals surface area (Å²) in [5.41, 5.74) is 5.52. The van der Waals surface area contributed by atoms with Crippen LogP contribution in [0, 0.1) is 29.6 Å². The number of nitrogens with two attached hydrogens (primary N) is 1. The molecule has 0 unspecified atom stereocenters. The van der Waals surface area contributed by atoms with Crippen LogP contribution in [-0.4, -0.2) is 28.7 Å². The number of fused-ring (bicyclic) bond motifs is 2. The highest BCUT2D eigenvalue weighted by atomic mass is 35.5. The fraction of sp³-hybridized carbons (Fsp3) is 0.0870. The second kappa shape index (κ2) is 8.28. The molecule has 0 atom stereocenters. The first-order valence-electron chi connectivity index (χ1n) is 9.72. The van der Waals surface area contributed by atoms with E-state index in [-0.39, 0.29) is 61.4 Å². The highest BCUT2D eigenvalue weighted by molar-refractivity contribution is 6.37. The van der Waals surface area contributed by atoms with Crippen LogP contribution in [0.4, 0.5) is 23.0 Å². The van der Waals surface area contributed by atoms with Crippen LogP contribution in [0.25, 0.3) is 0 Å². The van der Waals surface area contributed by atoms with E-state index in [1.165, 1.54) is 24.3 Å². The smallest absolute Gasteiger partial charge is 0.200 e. The van der Waals surface area contributed by atoms with Crippen LogP contribution in [0.2, 0.25) is 5.02 Å². The van der Waals surface area contributed by atoms with Gasteiger partial charge >= 0.3 is 0 Å². The number of phenolic OH excluding ortho intramolecular Hbond substituents is 1. The molecule has 0 aliphatic heterocycles. The van der Waals surface area contributed by atoms with E-state index in [1.54, 1.807) is 14.0 Å². The average molecular weight is 472 g/mol. The molecule has 1 aromatic heterocycles. The molecule has 4 N–H and O–H groups in total. The number of hydrogen-bond donors (Lipinski definition) is 3. The largest absolute Gasteiger partial charge is 0.507 e. The summed E-state index contributed by atoms with van der Waals surface area (Å²) in [6.45, 7) is 1.60. The molecule has 0 saturated carbocycles. The van der Waals surface area contributed by atoms with Gasteiger partial charge in [-0.3, -0.25) is 9.59 Å². The van der Waals surface area contributed by atoms with Crippen molar-refractivity contribution in [3.05, 3.63) is 68.2 Å². The van der Waals surface area contributed by atoms with Gasteiger partial charge in [0, 0.05) is 18.2 Å². The van der Waals surface area contributed by atoms with Crippen molar-refractivity contribution in [2.24, 2.45) is 10.2 Å². The molecular formula is C23H14ClN7O3. The van der Waals surface area contributed by atoms with Gasteiger partial charge in [-0.15, -0.1) is 10.2 Å². The molecule has 1 aliphatic carbocycles. The Morgan fingerprint density at radius 1 is 1.09 bits per heavy atom. The first-order chi connectivity index (χ1) is 16.2. The van der Waals surface area contributed by atoms with Crippen LogP contribution in [0.15, 0.2) is 34.5 Å². The van der Waals surface area contributed by atoms with Crippen molar-refractivity contribution in [1.82, 2.24) is 4.98 Å². The monoisotopic (exact) mass is 471 g/mol. The summed E-state index contributed by atoms with van der Waals surface area (Å²) in [6.07, 6.45) is 0. The summed E-state index contributed by atoms with van der Waals surface area (Å²) in [5, 5.41) is 40.2. The second-order valence-electron chi connectivity index (χ2n) is 7.23. The van der Waals surface area contributed by atoms with Crippen molar-refractivity contribution in [1.29, 1.82) is 10.5 Å². The summed E-state index contributed by atoms with van der Waals surface area (Å²) < 4.78 is 0. The van der Waals surface area contributed by atoms with E-state index in [4.69, 9.17) is 17.3 Å². The predicted molar refractivity (Wildman–Crippen MR) is 123 cm³/mol. The van der Waals surface area contributed by atoms with Gasteiger partial charge in [-0.2, -0.15) is 10.5 Å². The minimum Gasteiger partial charge on any atom is -0.507 e. The minimum atomic E-state index is -0.727. The molecule has 1 heterocycles. The van der Waals surface area contributed by atoms with Crippen LogP contribution in [0.5, 0.6) is 5.75 Å². The van der Waals surface area contributed by atoms with E-state index in [9.17, 15) is 25.2 Å². The summed E-state index contributed by atoms with van der Waals surface area (Å²) in [7, 11) is 1.57. The van der Waals surface area contributed by atoms with Crippen molar-refractivity contribution < 1.29 is 14.7 Å². The molecule has 3 aromatic rings. The standard InChI is InChI=1S/C23H14ClN7O3/c1-9-12(8-26)22(27)29-23(28-2)18(9)30-31-19-13(24)6-10(7-25)15-17(19)21(34)16-11(20(15)33)4-3-5-14(16)32/h3-6,32H,1-2H3,(H3,27,28,29). The van der Waals surface area contributed by atoms with Crippen molar-refractivity contribution in [3.8, 4) is 17.9 Å². The number of aromatic hydroxyl groups is 1. The Labute approximate surface area is 197 Å². The first kappa shape index (κ1) is 22.4. The van der Waals surface area contributed by atoms with Gasteiger partial charge in [-0.25, -0.2) is 4.98 Å². The SMILES string of the molecule is CNc1nc(N)c(C#N)c(C)c1N=Nc1c(Cl)cc(C#N)c2c1C(=O)c1c(O)cccc1C2=O. The highest BCUT2D eigenvalue weighted by Gasteiger charge is 2.37. The number of aromatic nitrogens is 1. The van der Waals surface area contributed by atoms with Gasteiger partial charge in [0.15, 0.2) is 11.6 Å². The van der Waals surface area contributed by atoms with Gasteiger partial charge in [0.25, 0.3) is 0 Å². The zero-order valence-electron chi connectivity index (χ0n) is 17.8. The van der Waals surface area contributed by atoms with Crippen molar-refractivity contribution in [2.75, 3.05) is 18.1 Å². The molecule has 0 saturated heterocycles. The first-order valence-corrected chi connectivity index (χ1v) is 10.1. The maximum Gasteiger partial charge on any atom is 0.200 e. The summed E-state index contributed by atoms with van der Waals surface area (Å²) in [6, 6.07) is 9.15. The third kappa shape index (κ3) is 3.22. The fourth-order valence-electron chi connectivity index (χ4n) is 3.77. The second-order valence-corrected chi connectivity index (χ2v) is 7.64. The molecule has 34 heavy (non-hydrogen) atoms. The van der Waals surface area contributed by atoms with Gasteiger partial charge in [-0.05, 0) is 19.1 Å². The summed E-state index contributed by atoms with van der Waals surface area (Å²) >= 11 is 6.35. The highest BCUT2D eigenvalue weighted by Crippen LogP contribution is 2.43. The number of anilines is 2. The number of rotatable bonds is 3. The lowest BCUT2D eigenvalue weighted by Crippen LogP contribution is -2.22. The number of carbonyl (C=O) groups is 2. The average Bonchev–Trinajstić information content (AvgIpc) is 2.81. The lowest BCUT2D eigenvalue weighted by Gasteiger charge is -2.21. The molecule has 1 aliphatic rings. The summed E-state index contributed by atoms with van der Waals surface area (Å²) in [4.78, 5) is 30.7. The Balaban J connectivity index is 2.01. The normalized spacial score (nSPS) is 12.1. The number of benzene rings is 2. The van der Waals surface area contributed by atoms with Gasteiger partial charge < -0.3 is 16.2 Å². The Morgan fingerprint density at radius 3 is 2.44 bits per heavy atom. The Morgan fingerprint density at radius 2 is 1.79 bits per heavy atom. The maximum atomic E-state index is 13.4. The van der Waals surface area contributed by atoms with Crippen LogP contribution in [0.1, 0.15) is 48.5 Å². The number of pyridine rings is 1. The minimum absolute atomic E-state index is 0.00458. The van der Waals surface area contributed by atoms with Crippen LogP contribution >= 0.6 is 11.6 Å². The third-order valence-corrected chi connectivity index (χ3v) is 5.67. The van der Waals surface area contributed by atoms with E-state index in [1.807, 2.05) is 12.1 Å². The van der Waals surface area contributed by atoms with E-state index < -0.39 is 17.3 Å². The van der Waals surface area contributed by atoms with Gasteiger partial charge in [0.05, 0.1) is 38.9 Å². The Bertz CT molecular complexity index is 1550. The number of nitrogens with one attached hydrogen (secondary N) is 1. The molecule has 11 heteroatoms. The molecule has 10 nitrogen and oxygen atoms in total. The molecule has 166 valence electrons. The number of carbonyl (C=O) groups excluding carboxylic acids is 2. The molecule has 0 spiro atoms. The van der Waals surface area contributed by atoms with Gasteiger partial charge in [0.2, 0.25) is 5.78 Å². The number of ketones is 2. The lowest BCUT2D eigenvalue weighted by molar-refractivity contribution is 0.0977. The molecule has 0 amide bonds. The Kier molecular flexibility index (Phi) is 5.45. The van der Waals surface area contributed by atoms with Crippen LogP contribution < -0.4 is 11.1 Å². The topological polar surface area (TPSA) is 178 Å². The molecular weight excluding hydrogens is 458 g/mol. The zero-order chi connectivity index (χ0) is 24.7. The quantitative estimate of drug-likeness (QED) is 0.370. The maximum absolute atomic E-state index is 13.4. The van der Waals surface area contributed by atoms with Crippen molar-refractivity contribution >= 4 is 46.2 Å². The lowest BCUT2D eigenvalue weighted by atomic mass is 9.80. The Hall–Kier alpha value is -4.80. The van der Waals surface area contributed by atoms with Gasteiger partial charge in [0.1, 0.15) is 29.0 Å². The number of nitrogens with zero attached hydrogens (tertiary/aromatic N) is 5. The van der Waals surface area contributed by atoms with E-state index in [0.717, 1.165) is 0 Å². The predicted octanol–water partition coefficient (Wildman–Crippen LogP) is 4.31. The number of nitriles is 2. The third-order valence-electron chi connectivity index (χ3n) is 5.38. The number of halogens is 1. The number of phenols is 1. The van der Waals surface area contributed by atoms with Crippen LogP contribution in [-0.2, 0) is 0 Å². The van der Waals surface area contributed by atoms with Crippen molar-refractivity contribution in [3.63, 3.8) is 0 Å². The van der Waals surface area contributed by atoms with Crippen LogP contribution in [0.3, 0.4) is 0 Å². The molecule has 0 bridgehead atoms. The number of hydrogen-bond acceptors (Lipinski definition) is 10. The molecule has 0 fully saturated rings. The fourth-order valence-corrected chi connectivity index (χ4v) is 4.01. The van der Waals surface area contributed by atoms with E-state index >= 15 is 0 Å². The summed E-state index contributed by atoms with van der Waals surface area (Å²) in [5.74, 6) is -1.52. The zero-order valence-corrected chi connectivity index (χ0v) is 18.5. The van der Waals surface area contributed by atoms with E-state index in [0.29, 0.717) is 5.56 Å². The van der Waals surface area contributed by atoms with Gasteiger partial charge in [-0.1, -0.05) is 23.7 Å². The number of nitrogen functional groups attached to an aromatic ring is 1. The molecule has 2 aromatic carbocycles. The number of azo groups is 1. The molecule has 0 radical (unpaired) electrons.